The molecule has 0 saturated carbocycles. The second kappa shape index (κ2) is 5.47. The van der Waals surface area contributed by atoms with Crippen LogP contribution in [0.2, 0.25) is 0 Å². The van der Waals surface area contributed by atoms with Crippen molar-refractivity contribution in [3.05, 3.63) is 18.5 Å². The molecule has 1 aromatic heterocycles. The molecule has 0 aromatic carbocycles. The lowest BCUT2D eigenvalue weighted by Gasteiger charge is -2.32. The molecule has 0 bridgehead atoms. The zero-order valence-corrected chi connectivity index (χ0v) is 9.26. The molecule has 16 heavy (non-hydrogen) atoms. The Morgan fingerprint density at radius 2 is 2.31 bits per heavy atom. The summed E-state index contributed by atoms with van der Waals surface area (Å²) in [6.45, 7) is 2.60. The van der Waals surface area contributed by atoms with Crippen LogP contribution < -0.4 is 10.2 Å². The molecule has 1 atom stereocenters. The van der Waals surface area contributed by atoms with E-state index in [1.54, 1.807) is 12.4 Å². The van der Waals surface area contributed by atoms with E-state index in [-0.39, 0.29) is 0 Å². The van der Waals surface area contributed by atoms with Crippen LogP contribution in [-0.2, 0) is 0 Å². The van der Waals surface area contributed by atoms with Gasteiger partial charge in [0.25, 0.3) is 0 Å². The summed E-state index contributed by atoms with van der Waals surface area (Å²) >= 11 is 0. The summed E-state index contributed by atoms with van der Waals surface area (Å²) in [5.41, 5.74) is 0. The van der Waals surface area contributed by atoms with Gasteiger partial charge >= 0.3 is 0 Å². The molecule has 1 unspecified atom stereocenters. The first-order valence-electron chi connectivity index (χ1n) is 5.59. The lowest BCUT2D eigenvalue weighted by Crippen LogP contribution is -2.46. The molecule has 1 aliphatic heterocycles. The maximum absolute atomic E-state index is 5.24. The largest absolute Gasteiger partial charge is 0.339 e. The fourth-order valence-electron chi connectivity index (χ4n) is 1.98. The highest BCUT2D eigenvalue weighted by atomic mass is 15.3. The van der Waals surface area contributed by atoms with Crippen LogP contribution in [0.1, 0.15) is 12.8 Å². The second-order valence-electron chi connectivity index (χ2n) is 3.92. The molecule has 1 fully saturated rings. The molecule has 1 N–H and O–H groups in total. The van der Waals surface area contributed by atoms with E-state index in [1.807, 2.05) is 6.07 Å². The molecule has 0 radical (unpaired) electrons. The molecule has 2 rings (SSSR count). The highest BCUT2D eigenvalue weighted by Gasteiger charge is 2.20. The van der Waals surface area contributed by atoms with Crippen molar-refractivity contribution in [3.63, 3.8) is 0 Å². The number of nitrogens with one attached hydrogen (secondary N) is 1. The Kier molecular flexibility index (Phi) is 3.73. The zero-order chi connectivity index (χ0) is 11.2. The van der Waals surface area contributed by atoms with Gasteiger partial charge in [-0.15, -0.1) is 6.42 Å². The van der Waals surface area contributed by atoms with Crippen LogP contribution in [0.4, 0.5) is 5.95 Å². The predicted molar refractivity (Wildman–Crippen MR) is 64.1 cm³/mol. The number of hydrogen-bond donors (Lipinski definition) is 1. The Bertz CT molecular complexity index is 357. The Labute approximate surface area is 96.1 Å². The van der Waals surface area contributed by atoms with Crippen molar-refractivity contribution in [1.29, 1.82) is 0 Å². The van der Waals surface area contributed by atoms with Crippen molar-refractivity contribution >= 4 is 5.95 Å². The highest BCUT2D eigenvalue weighted by molar-refractivity contribution is 5.29. The minimum absolute atomic E-state index is 0.452. The van der Waals surface area contributed by atoms with E-state index in [2.05, 4.69) is 26.1 Å². The van der Waals surface area contributed by atoms with Crippen molar-refractivity contribution < 1.29 is 0 Å². The molecule has 1 aromatic rings. The minimum atomic E-state index is 0.452. The van der Waals surface area contributed by atoms with E-state index >= 15 is 0 Å². The third-order valence-corrected chi connectivity index (χ3v) is 2.75. The van der Waals surface area contributed by atoms with Crippen LogP contribution in [0.3, 0.4) is 0 Å². The van der Waals surface area contributed by atoms with Gasteiger partial charge in [0.15, 0.2) is 0 Å². The summed E-state index contributed by atoms with van der Waals surface area (Å²) in [6, 6.07) is 2.29. The first-order chi connectivity index (χ1) is 7.90. The third kappa shape index (κ3) is 2.71. The Morgan fingerprint density at radius 1 is 1.50 bits per heavy atom. The van der Waals surface area contributed by atoms with E-state index in [0.717, 1.165) is 25.5 Å². The van der Waals surface area contributed by atoms with E-state index < -0.39 is 0 Å². The number of aromatic nitrogens is 2. The van der Waals surface area contributed by atoms with Gasteiger partial charge < -0.3 is 10.2 Å². The van der Waals surface area contributed by atoms with E-state index in [1.165, 1.54) is 6.42 Å². The smallest absolute Gasteiger partial charge is 0.225 e. The van der Waals surface area contributed by atoms with Gasteiger partial charge in [-0.05, 0) is 18.9 Å². The second-order valence-corrected chi connectivity index (χ2v) is 3.92. The summed E-state index contributed by atoms with van der Waals surface area (Å²) in [5, 5.41) is 3.34. The van der Waals surface area contributed by atoms with Gasteiger partial charge in [0.1, 0.15) is 0 Å². The van der Waals surface area contributed by atoms with E-state index in [4.69, 9.17) is 6.42 Å². The van der Waals surface area contributed by atoms with E-state index in [9.17, 15) is 0 Å². The number of anilines is 1. The van der Waals surface area contributed by atoms with Crippen LogP contribution in [-0.4, -0.2) is 35.6 Å². The third-order valence-electron chi connectivity index (χ3n) is 2.75. The summed E-state index contributed by atoms with van der Waals surface area (Å²) in [6.07, 6.45) is 11.1. The van der Waals surface area contributed by atoms with Gasteiger partial charge in [-0.25, -0.2) is 9.97 Å². The van der Waals surface area contributed by atoms with Crippen LogP contribution in [0.15, 0.2) is 18.5 Å². The van der Waals surface area contributed by atoms with Gasteiger partial charge in [0.05, 0.1) is 6.54 Å². The topological polar surface area (TPSA) is 41.0 Å². The van der Waals surface area contributed by atoms with Crippen molar-refractivity contribution in [3.8, 4) is 12.3 Å². The molecule has 0 amide bonds. The molecular weight excluding hydrogens is 200 g/mol. The Morgan fingerprint density at radius 3 is 3.06 bits per heavy atom. The van der Waals surface area contributed by atoms with E-state index in [0.29, 0.717) is 12.6 Å². The number of terminal acetylenes is 1. The van der Waals surface area contributed by atoms with Crippen LogP contribution in [0.5, 0.6) is 0 Å². The Hall–Kier alpha value is -1.60. The number of piperidine rings is 1. The fraction of sp³-hybridized carbons (Fsp3) is 0.500. The average molecular weight is 216 g/mol. The predicted octanol–water partition coefficient (Wildman–Crippen LogP) is 0.668. The molecular formula is C12H16N4. The molecule has 1 saturated heterocycles. The van der Waals surface area contributed by atoms with Crippen LogP contribution in [0, 0.1) is 12.3 Å². The quantitative estimate of drug-likeness (QED) is 0.754. The van der Waals surface area contributed by atoms with Crippen molar-refractivity contribution in [1.82, 2.24) is 15.3 Å². The molecule has 1 aliphatic rings. The average Bonchev–Trinajstić information content (AvgIpc) is 2.38. The first kappa shape index (κ1) is 10.9. The van der Waals surface area contributed by atoms with Crippen molar-refractivity contribution in [2.24, 2.45) is 0 Å². The SMILES string of the molecule is C#CCNC1CCCN(c2ncccn2)C1. The minimum Gasteiger partial charge on any atom is -0.339 e. The first-order valence-corrected chi connectivity index (χ1v) is 5.59. The molecule has 0 aliphatic carbocycles. The molecule has 4 nitrogen and oxygen atoms in total. The van der Waals surface area contributed by atoms with Crippen LogP contribution in [0.25, 0.3) is 0 Å². The summed E-state index contributed by atoms with van der Waals surface area (Å²) in [7, 11) is 0. The van der Waals surface area contributed by atoms with Gasteiger partial charge in [0.2, 0.25) is 5.95 Å². The highest BCUT2D eigenvalue weighted by Crippen LogP contribution is 2.14. The standard InChI is InChI=1S/C12H16N4/c1-2-6-13-11-5-3-9-16(10-11)12-14-7-4-8-15-12/h1,4,7-8,11,13H,3,5-6,9-10H2. The fourth-order valence-corrected chi connectivity index (χ4v) is 1.98. The lowest BCUT2D eigenvalue weighted by molar-refractivity contribution is 0.435. The number of rotatable bonds is 3. The molecule has 84 valence electrons. The molecule has 0 spiro atoms. The van der Waals surface area contributed by atoms with Gasteiger partial charge in [-0.2, -0.15) is 0 Å². The van der Waals surface area contributed by atoms with Gasteiger partial charge in [0, 0.05) is 31.5 Å². The maximum Gasteiger partial charge on any atom is 0.225 e. The van der Waals surface area contributed by atoms with Crippen molar-refractivity contribution in [2.75, 3.05) is 24.5 Å². The molecule has 2 heterocycles. The maximum atomic E-state index is 5.24. The zero-order valence-electron chi connectivity index (χ0n) is 9.26. The lowest BCUT2D eigenvalue weighted by atomic mass is 10.1. The Balaban J connectivity index is 1.94. The monoisotopic (exact) mass is 216 g/mol. The van der Waals surface area contributed by atoms with Gasteiger partial charge in [-0.3, -0.25) is 0 Å². The number of hydrogen-bond acceptors (Lipinski definition) is 4. The summed E-state index contributed by atoms with van der Waals surface area (Å²) in [5.74, 6) is 3.42. The van der Waals surface area contributed by atoms with Gasteiger partial charge in [-0.1, -0.05) is 5.92 Å². The summed E-state index contributed by atoms with van der Waals surface area (Å²) < 4.78 is 0. The molecule has 4 heteroatoms. The van der Waals surface area contributed by atoms with Crippen LogP contribution >= 0.6 is 0 Å². The van der Waals surface area contributed by atoms with Crippen molar-refractivity contribution in [2.45, 2.75) is 18.9 Å². The normalized spacial score (nSPS) is 20.4. The summed E-state index contributed by atoms with van der Waals surface area (Å²) in [4.78, 5) is 10.7. The number of nitrogens with zero attached hydrogens (tertiary/aromatic N) is 3.